The SMILES string of the molecule is Cc1cccc(CN(c2ccc(Cl)cc2)S(=O)(=O)c2ccccc2)c1. The number of hydrogen-bond donors (Lipinski definition) is 0. The average molecular weight is 372 g/mol. The molecule has 128 valence electrons. The molecule has 0 aliphatic carbocycles. The number of nitrogens with zero attached hydrogens (tertiary/aromatic N) is 1. The standard InChI is InChI=1S/C20H18ClNO2S/c1-16-6-5-7-17(14-16)15-22(19-12-10-18(21)11-13-19)25(23,24)20-8-3-2-4-9-20/h2-14H,15H2,1H3. The highest BCUT2D eigenvalue weighted by Crippen LogP contribution is 2.27. The van der Waals surface area contributed by atoms with Gasteiger partial charge in [-0.25, -0.2) is 8.42 Å². The van der Waals surface area contributed by atoms with Gasteiger partial charge in [-0.15, -0.1) is 0 Å². The molecule has 0 spiro atoms. The van der Waals surface area contributed by atoms with E-state index >= 15 is 0 Å². The molecule has 0 heterocycles. The van der Waals surface area contributed by atoms with Gasteiger partial charge in [0.25, 0.3) is 10.0 Å². The van der Waals surface area contributed by atoms with E-state index in [9.17, 15) is 8.42 Å². The Morgan fingerprint density at radius 2 is 1.56 bits per heavy atom. The smallest absolute Gasteiger partial charge is 0.262 e. The fourth-order valence-corrected chi connectivity index (χ4v) is 4.22. The van der Waals surface area contributed by atoms with Gasteiger partial charge in [0.2, 0.25) is 0 Å². The molecule has 3 nitrogen and oxygen atoms in total. The predicted octanol–water partition coefficient (Wildman–Crippen LogP) is 5.04. The highest BCUT2D eigenvalue weighted by atomic mass is 35.5. The van der Waals surface area contributed by atoms with Crippen LogP contribution >= 0.6 is 11.6 Å². The molecular formula is C20H18ClNO2S. The van der Waals surface area contributed by atoms with Crippen molar-refractivity contribution in [1.29, 1.82) is 0 Å². The first-order valence-electron chi connectivity index (χ1n) is 7.86. The quantitative estimate of drug-likeness (QED) is 0.629. The summed E-state index contributed by atoms with van der Waals surface area (Å²) in [5, 5.41) is 0.566. The van der Waals surface area contributed by atoms with Crippen LogP contribution in [0, 0.1) is 6.92 Å². The molecule has 0 fully saturated rings. The second kappa shape index (κ2) is 7.30. The predicted molar refractivity (Wildman–Crippen MR) is 102 cm³/mol. The normalized spacial score (nSPS) is 11.3. The van der Waals surface area contributed by atoms with Gasteiger partial charge in [0.1, 0.15) is 0 Å². The number of anilines is 1. The molecular weight excluding hydrogens is 354 g/mol. The second-order valence-electron chi connectivity index (χ2n) is 5.79. The highest BCUT2D eigenvalue weighted by Gasteiger charge is 2.25. The molecule has 0 aliphatic rings. The zero-order valence-electron chi connectivity index (χ0n) is 13.8. The van der Waals surface area contributed by atoms with E-state index in [1.807, 2.05) is 31.2 Å². The van der Waals surface area contributed by atoms with Crippen molar-refractivity contribution < 1.29 is 8.42 Å². The molecule has 3 aromatic carbocycles. The lowest BCUT2D eigenvalue weighted by Gasteiger charge is -2.25. The molecule has 0 aliphatic heterocycles. The maximum atomic E-state index is 13.2. The van der Waals surface area contributed by atoms with Crippen molar-refractivity contribution in [2.45, 2.75) is 18.4 Å². The zero-order chi connectivity index (χ0) is 17.9. The highest BCUT2D eigenvalue weighted by molar-refractivity contribution is 7.92. The average Bonchev–Trinajstić information content (AvgIpc) is 2.61. The maximum Gasteiger partial charge on any atom is 0.264 e. The third-order valence-corrected chi connectivity index (χ3v) is 5.89. The van der Waals surface area contributed by atoms with Crippen LogP contribution in [-0.4, -0.2) is 8.42 Å². The molecule has 0 atom stereocenters. The number of halogens is 1. The van der Waals surface area contributed by atoms with Crippen molar-refractivity contribution in [3.8, 4) is 0 Å². The Balaban J connectivity index is 2.07. The Morgan fingerprint density at radius 3 is 2.20 bits per heavy atom. The van der Waals surface area contributed by atoms with Crippen LogP contribution in [0.1, 0.15) is 11.1 Å². The van der Waals surface area contributed by atoms with Gasteiger partial charge in [-0.1, -0.05) is 59.6 Å². The molecule has 0 bridgehead atoms. The van der Waals surface area contributed by atoms with Gasteiger partial charge >= 0.3 is 0 Å². The fraction of sp³-hybridized carbons (Fsp3) is 0.100. The van der Waals surface area contributed by atoms with Crippen molar-refractivity contribution in [3.05, 3.63) is 95.0 Å². The molecule has 0 radical (unpaired) electrons. The van der Waals surface area contributed by atoms with Gasteiger partial charge in [0, 0.05) is 5.02 Å². The molecule has 0 saturated carbocycles. The topological polar surface area (TPSA) is 37.4 Å². The van der Waals surface area contributed by atoms with Crippen molar-refractivity contribution >= 4 is 27.3 Å². The van der Waals surface area contributed by atoms with E-state index in [1.54, 1.807) is 54.6 Å². The van der Waals surface area contributed by atoms with Crippen LogP contribution in [0.25, 0.3) is 0 Å². The Kier molecular flexibility index (Phi) is 5.11. The van der Waals surface area contributed by atoms with Crippen LogP contribution in [0.15, 0.2) is 83.8 Å². The van der Waals surface area contributed by atoms with E-state index in [0.29, 0.717) is 10.7 Å². The summed E-state index contributed by atoms with van der Waals surface area (Å²) in [6.07, 6.45) is 0. The maximum absolute atomic E-state index is 13.2. The van der Waals surface area contributed by atoms with Gasteiger partial charge in [-0.3, -0.25) is 4.31 Å². The van der Waals surface area contributed by atoms with Crippen molar-refractivity contribution in [3.63, 3.8) is 0 Å². The van der Waals surface area contributed by atoms with Crippen LogP contribution < -0.4 is 4.31 Å². The Labute approximate surface area is 153 Å². The molecule has 3 rings (SSSR count). The molecule has 0 amide bonds. The van der Waals surface area contributed by atoms with E-state index in [-0.39, 0.29) is 11.4 Å². The van der Waals surface area contributed by atoms with E-state index in [1.165, 1.54) is 4.31 Å². The van der Waals surface area contributed by atoms with Gasteiger partial charge in [-0.2, -0.15) is 0 Å². The lowest BCUT2D eigenvalue weighted by atomic mass is 10.1. The largest absolute Gasteiger partial charge is 0.264 e. The van der Waals surface area contributed by atoms with Gasteiger partial charge in [0.05, 0.1) is 17.1 Å². The molecule has 0 saturated heterocycles. The van der Waals surface area contributed by atoms with Crippen LogP contribution in [0.3, 0.4) is 0 Å². The van der Waals surface area contributed by atoms with Crippen molar-refractivity contribution in [1.82, 2.24) is 0 Å². The number of benzene rings is 3. The van der Waals surface area contributed by atoms with Crippen LogP contribution in [-0.2, 0) is 16.6 Å². The molecule has 25 heavy (non-hydrogen) atoms. The molecule has 0 aromatic heterocycles. The lowest BCUT2D eigenvalue weighted by molar-refractivity contribution is 0.590. The Morgan fingerprint density at radius 1 is 0.880 bits per heavy atom. The molecule has 5 heteroatoms. The van der Waals surface area contributed by atoms with Crippen molar-refractivity contribution in [2.24, 2.45) is 0 Å². The van der Waals surface area contributed by atoms with Crippen molar-refractivity contribution in [2.75, 3.05) is 4.31 Å². The first kappa shape index (κ1) is 17.5. The monoisotopic (exact) mass is 371 g/mol. The minimum atomic E-state index is -3.69. The van der Waals surface area contributed by atoms with E-state index in [4.69, 9.17) is 11.6 Å². The third-order valence-electron chi connectivity index (χ3n) is 3.85. The van der Waals surface area contributed by atoms with Gasteiger partial charge < -0.3 is 0 Å². The summed E-state index contributed by atoms with van der Waals surface area (Å²) in [5.74, 6) is 0. The molecule has 0 unspecified atom stereocenters. The van der Waals surface area contributed by atoms with Gasteiger partial charge in [0.15, 0.2) is 0 Å². The number of hydrogen-bond acceptors (Lipinski definition) is 2. The second-order valence-corrected chi connectivity index (χ2v) is 8.09. The minimum absolute atomic E-state index is 0.251. The number of aryl methyl sites for hydroxylation is 1. The summed E-state index contributed by atoms with van der Waals surface area (Å²) in [6, 6.07) is 23.1. The molecule has 0 N–H and O–H groups in total. The Hall–Kier alpha value is -2.30. The summed E-state index contributed by atoms with van der Waals surface area (Å²) >= 11 is 5.96. The fourth-order valence-electron chi connectivity index (χ4n) is 2.62. The Bertz CT molecular complexity index is 955. The molecule has 3 aromatic rings. The first-order valence-corrected chi connectivity index (χ1v) is 9.67. The summed E-state index contributed by atoms with van der Waals surface area (Å²) in [5.41, 5.74) is 2.59. The van der Waals surface area contributed by atoms with E-state index in [0.717, 1.165) is 11.1 Å². The van der Waals surface area contributed by atoms with Crippen LogP contribution in [0.5, 0.6) is 0 Å². The summed E-state index contributed by atoms with van der Waals surface area (Å²) in [7, 11) is -3.69. The third kappa shape index (κ3) is 4.03. The number of sulfonamides is 1. The first-order chi connectivity index (χ1) is 12.0. The zero-order valence-corrected chi connectivity index (χ0v) is 15.3. The summed E-state index contributed by atoms with van der Waals surface area (Å²) in [6.45, 7) is 2.24. The minimum Gasteiger partial charge on any atom is -0.262 e. The summed E-state index contributed by atoms with van der Waals surface area (Å²) in [4.78, 5) is 0.262. The van der Waals surface area contributed by atoms with E-state index in [2.05, 4.69) is 0 Å². The summed E-state index contributed by atoms with van der Waals surface area (Å²) < 4.78 is 27.8. The van der Waals surface area contributed by atoms with E-state index < -0.39 is 10.0 Å². The van der Waals surface area contributed by atoms with Gasteiger partial charge in [-0.05, 0) is 48.9 Å². The van der Waals surface area contributed by atoms with Crippen LogP contribution in [0.2, 0.25) is 5.02 Å². The number of rotatable bonds is 5. The lowest BCUT2D eigenvalue weighted by Crippen LogP contribution is -2.30. The van der Waals surface area contributed by atoms with Crippen LogP contribution in [0.4, 0.5) is 5.69 Å².